The minimum atomic E-state index is -0.0246. The summed E-state index contributed by atoms with van der Waals surface area (Å²) in [6, 6.07) is 11.4. The summed E-state index contributed by atoms with van der Waals surface area (Å²) in [6.45, 7) is 3.75. The van der Waals surface area contributed by atoms with Gasteiger partial charge in [0.2, 0.25) is 5.91 Å². The number of nitrogens with one attached hydrogen (secondary N) is 1. The van der Waals surface area contributed by atoms with Crippen molar-refractivity contribution >= 4 is 11.8 Å². The zero-order valence-electron chi connectivity index (χ0n) is 14.4. The number of aromatic nitrogens is 1. The number of nitrogens with zero attached hydrogens (tertiary/aromatic N) is 2. The Morgan fingerprint density at radius 2 is 1.88 bits per heavy atom. The number of hydrogen-bond acceptors (Lipinski definition) is 3. The first kappa shape index (κ1) is 17.1. The van der Waals surface area contributed by atoms with E-state index in [0.717, 1.165) is 16.7 Å². The molecule has 25 heavy (non-hydrogen) atoms. The summed E-state index contributed by atoms with van der Waals surface area (Å²) < 4.78 is 0. The van der Waals surface area contributed by atoms with Gasteiger partial charge in [0.1, 0.15) is 0 Å². The fraction of sp³-hybridized carbons (Fsp3) is 0.350. The van der Waals surface area contributed by atoms with E-state index in [-0.39, 0.29) is 17.7 Å². The molecule has 1 N–H and O–H groups in total. The van der Waals surface area contributed by atoms with Gasteiger partial charge in [0, 0.05) is 43.5 Å². The van der Waals surface area contributed by atoms with Crippen LogP contribution in [0.2, 0.25) is 0 Å². The molecule has 5 heteroatoms. The van der Waals surface area contributed by atoms with Crippen LogP contribution in [0.25, 0.3) is 0 Å². The topological polar surface area (TPSA) is 62.3 Å². The monoisotopic (exact) mass is 337 g/mol. The lowest BCUT2D eigenvalue weighted by molar-refractivity contribution is -0.126. The Hall–Kier alpha value is -2.69. The molecule has 2 amide bonds. The Morgan fingerprint density at radius 3 is 2.56 bits per heavy atom. The van der Waals surface area contributed by atoms with Crippen LogP contribution in [0.15, 0.2) is 48.8 Å². The molecule has 1 fully saturated rings. The van der Waals surface area contributed by atoms with Gasteiger partial charge < -0.3 is 10.2 Å². The van der Waals surface area contributed by atoms with Crippen LogP contribution in [-0.2, 0) is 11.3 Å². The number of carbonyl (C=O) groups is 2. The lowest BCUT2D eigenvalue weighted by Gasteiger charge is -2.31. The zero-order chi connectivity index (χ0) is 17.6. The number of benzene rings is 1. The van der Waals surface area contributed by atoms with E-state index in [4.69, 9.17) is 0 Å². The predicted octanol–water partition coefficient (Wildman–Crippen LogP) is 2.56. The lowest BCUT2D eigenvalue weighted by Crippen LogP contribution is -2.42. The van der Waals surface area contributed by atoms with Gasteiger partial charge in [-0.1, -0.05) is 17.7 Å². The maximum Gasteiger partial charge on any atom is 0.253 e. The first-order valence-electron chi connectivity index (χ1n) is 8.66. The second-order valence-electron chi connectivity index (χ2n) is 6.51. The molecule has 1 aromatic heterocycles. The summed E-state index contributed by atoms with van der Waals surface area (Å²) in [6.07, 6.45) is 4.85. The molecule has 3 rings (SSSR count). The Morgan fingerprint density at radius 1 is 1.16 bits per heavy atom. The number of likely N-dealkylation sites (tertiary alicyclic amines) is 1. The minimum absolute atomic E-state index is 0.0246. The predicted molar refractivity (Wildman–Crippen MR) is 95.9 cm³/mol. The fourth-order valence-electron chi connectivity index (χ4n) is 3.14. The third kappa shape index (κ3) is 4.44. The maximum atomic E-state index is 12.6. The van der Waals surface area contributed by atoms with Gasteiger partial charge in [-0.3, -0.25) is 14.6 Å². The first-order chi connectivity index (χ1) is 12.1. The maximum absolute atomic E-state index is 12.6. The van der Waals surface area contributed by atoms with Crippen molar-refractivity contribution in [3.05, 3.63) is 65.5 Å². The Kier molecular flexibility index (Phi) is 5.43. The van der Waals surface area contributed by atoms with E-state index in [1.54, 1.807) is 12.4 Å². The fourth-order valence-corrected chi connectivity index (χ4v) is 3.14. The third-order valence-electron chi connectivity index (χ3n) is 4.63. The molecule has 1 aliphatic rings. The van der Waals surface area contributed by atoms with Crippen molar-refractivity contribution in [3.8, 4) is 0 Å². The molecule has 0 radical (unpaired) electrons. The van der Waals surface area contributed by atoms with Crippen LogP contribution in [0.4, 0.5) is 0 Å². The van der Waals surface area contributed by atoms with E-state index in [1.807, 2.05) is 48.2 Å². The van der Waals surface area contributed by atoms with Gasteiger partial charge in [-0.15, -0.1) is 0 Å². The van der Waals surface area contributed by atoms with Gasteiger partial charge in [-0.2, -0.15) is 0 Å². The smallest absolute Gasteiger partial charge is 0.253 e. The molecule has 2 heterocycles. The number of carbonyl (C=O) groups excluding carboxylic acids is 2. The highest BCUT2D eigenvalue weighted by molar-refractivity contribution is 5.94. The lowest BCUT2D eigenvalue weighted by atomic mass is 9.95. The van der Waals surface area contributed by atoms with Crippen molar-refractivity contribution in [2.24, 2.45) is 5.92 Å². The summed E-state index contributed by atoms with van der Waals surface area (Å²) >= 11 is 0. The van der Waals surface area contributed by atoms with Crippen molar-refractivity contribution < 1.29 is 9.59 Å². The minimum Gasteiger partial charge on any atom is -0.352 e. The molecule has 0 atom stereocenters. The molecule has 0 saturated carbocycles. The largest absolute Gasteiger partial charge is 0.352 e. The highest BCUT2D eigenvalue weighted by Crippen LogP contribution is 2.20. The Bertz CT molecular complexity index is 738. The zero-order valence-corrected chi connectivity index (χ0v) is 14.4. The van der Waals surface area contributed by atoms with Crippen molar-refractivity contribution in [2.75, 3.05) is 13.1 Å². The summed E-state index contributed by atoms with van der Waals surface area (Å²) in [5, 5.41) is 2.98. The van der Waals surface area contributed by atoms with Crippen LogP contribution in [0.3, 0.4) is 0 Å². The van der Waals surface area contributed by atoms with Crippen molar-refractivity contribution in [1.82, 2.24) is 15.2 Å². The Labute approximate surface area is 148 Å². The molecule has 0 bridgehead atoms. The van der Waals surface area contributed by atoms with Gasteiger partial charge in [0.15, 0.2) is 0 Å². The van der Waals surface area contributed by atoms with E-state index in [2.05, 4.69) is 10.3 Å². The average molecular weight is 337 g/mol. The number of hydrogen-bond donors (Lipinski definition) is 1. The molecule has 1 aliphatic heterocycles. The van der Waals surface area contributed by atoms with E-state index >= 15 is 0 Å². The average Bonchev–Trinajstić information content (AvgIpc) is 2.66. The molecule has 0 aliphatic carbocycles. The summed E-state index contributed by atoms with van der Waals surface area (Å²) in [4.78, 5) is 30.7. The molecule has 0 unspecified atom stereocenters. The van der Waals surface area contributed by atoms with Crippen molar-refractivity contribution in [2.45, 2.75) is 26.3 Å². The molecule has 1 saturated heterocycles. The van der Waals surface area contributed by atoms with Gasteiger partial charge >= 0.3 is 0 Å². The van der Waals surface area contributed by atoms with E-state index in [1.165, 1.54) is 0 Å². The number of pyridine rings is 1. The van der Waals surface area contributed by atoms with Gasteiger partial charge in [-0.25, -0.2) is 0 Å². The van der Waals surface area contributed by atoms with Crippen LogP contribution in [-0.4, -0.2) is 34.8 Å². The first-order valence-corrected chi connectivity index (χ1v) is 8.66. The highest BCUT2D eigenvalue weighted by atomic mass is 16.2. The van der Waals surface area contributed by atoms with E-state index in [9.17, 15) is 9.59 Å². The van der Waals surface area contributed by atoms with Crippen molar-refractivity contribution in [3.63, 3.8) is 0 Å². The molecule has 2 aromatic rings. The van der Waals surface area contributed by atoms with Crippen LogP contribution in [0, 0.1) is 12.8 Å². The molecule has 130 valence electrons. The SMILES string of the molecule is Cc1cccc(C(=O)N2CCC(C(=O)NCc3ccncc3)CC2)c1. The van der Waals surface area contributed by atoms with Crippen LogP contribution in [0.1, 0.15) is 34.3 Å². The number of rotatable bonds is 4. The quantitative estimate of drug-likeness (QED) is 0.933. The standard InChI is InChI=1S/C20H23N3O2/c1-15-3-2-4-18(13-15)20(25)23-11-7-17(8-12-23)19(24)22-14-16-5-9-21-10-6-16/h2-6,9-10,13,17H,7-8,11-12,14H2,1H3,(H,22,24). The summed E-state index contributed by atoms with van der Waals surface area (Å²) in [7, 11) is 0. The summed E-state index contributed by atoms with van der Waals surface area (Å²) in [5.41, 5.74) is 2.84. The van der Waals surface area contributed by atoms with Crippen LogP contribution in [0.5, 0.6) is 0 Å². The molecular formula is C20H23N3O2. The number of piperidine rings is 1. The molecule has 0 spiro atoms. The van der Waals surface area contributed by atoms with E-state index in [0.29, 0.717) is 32.5 Å². The Balaban J connectivity index is 1.49. The molecule has 1 aromatic carbocycles. The van der Waals surface area contributed by atoms with E-state index < -0.39 is 0 Å². The normalized spacial score (nSPS) is 15.0. The highest BCUT2D eigenvalue weighted by Gasteiger charge is 2.27. The van der Waals surface area contributed by atoms with Gasteiger partial charge in [0.25, 0.3) is 5.91 Å². The second kappa shape index (κ2) is 7.92. The molecular weight excluding hydrogens is 314 g/mol. The van der Waals surface area contributed by atoms with Crippen LogP contribution >= 0.6 is 0 Å². The second-order valence-corrected chi connectivity index (χ2v) is 6.51. The van der Waals surface area contributed by atoms with Gasteiger partial charge in [0.05, 0.1) is 0 Å². The van der Waals surface area contributed by atoms with Gasteiger partial charge in [-0.05, 0) is 49.6 Å². The molecule has 5 nitrogen and oxygen atoms in total. The number of amides is 2. The van der Waals surface area contributed by atoms with Crippen LogP contribution < -0.4 is 5.32 Å². The third-order valence-corrected chi connectivity index (χ3v) is 4.63. The van der Waals surface area contributed by atoms with Crippen molar-refractivity contribution in [1.29, 1.82) is 0 Å². The summed E-state index contributed by atoms with van der Waals surface area (Å²) in [5.74, 6) is 0.0993. The number of aryl methyl sites for hydroxylation is 1.